The van der Waals surface area contributed by atoms with E-state index >= 15 is 0 Å². The van der Waals surface area contributed by atoms with Gasteiger partial charge in [-0.2, -0.15) is 0 Å². The van der Waals surface area contributed by atoms with Gasteiger partial charge in [0, 0.05) is 16.9 Å². The molecule has 0 aliphatic carbocycles. The van der Waals surface area contributed by atoms with E-state index in [1.807, 2.05) is 53.1 Å². The number of carbonyl (C=O) groups excluding carboxylic acids is 1. The number of aromatic nitrogens is 4. The van der Waals surface area contributed by atoms with Crippen LogP contribution in [0.2, 0.25) is 0 Å². The summed E-state index contributed by atoms with van der Waals surface area (Å²) in [7, 11) is 0. The molecule has 0 saturated carbocycles. The van der Waals surface area contributed by atoms with Crippen molar-refractivity contribution in [2.24, 2.45) is 0 Å². The van der Waals surface area contributed by atoms with Crippen molar-refractivity contribution in [3.8, 4) is 11.5 Å². The zero-order valence-electron chi connectivity index (χ0n) is 13.6. The van der Waals surface area contributed by atoms with Gasteiger partial charge in [-0.15, -0.1) is 0 Å². The number of anilines is 1. The molecule has 3 aromatic heterocycles. The van der Waals surface area contributed by atoms with Gasteiger partial charge >= 0.3 is 0 Å². The van der Waals surface area contributed by atoms with Crippen LogP contribution in [0.3, 0.4) is 0 Å². The first-order valence-electron chi connectivity index (χ1n) is 7.99. The number of nitrogens with one attached hydrogen (secondary N) is 1. The summed E-state index contributed by atoms with van der Waals surface area (Å²) in [6, 6.07) is 16.9. The predicted octanol–water partition coefficient (Wildman–Crippen LogP) is 3.89. The van der Waals surface area contributed by atoms with Crippen LogP contribution in [0.5, 0.6) is 0 Å². The minimum Gasteiger partial charge on any atom is -0.313 e. The van der Waals surface area contributed by atoms with Gasteiger partial charge in [0.1, 0.15) is 18.1 Å². The molecule has 0 aliphatic rings. The van der Waals surface area contributed by atoms with E-state index in [9.17, 15) is 4.79 Å². The van der Waals surface area contributed by atoms with Crippen LogP contribution in [-0.4, -0.2) is 25.4 Å². The summed E-state index contributed by atoms with van der Waals surface area (Å²) in [5.41, 5.74) is 2.42. The number of amides is 1. The van der Waals surface area contributed by atoms with Gasteiger partial charge in [0.25, 0.3) is 0 Å². The number of hydrogen-bond donors (Lipinski definition) is 1. The van der Waals surface area contributed by atoms with E-state index < -0.39 is 0 Å². The van der Waals surface area contributed by atoms with Crippen molar-refractivity contribution in [1.82, 2.24) is 19.5 Å². The first kappa shape index (κ1) is 16.4. The monoisotopic (exact) mass is 407 g/mol. The molecule has 1 N–H and O–H groups in total. The molecule has 1 aromatic carbocycles. The van der Waals surface area contributed by atoms with Crippen LogP contribution in [0, 0.1) is 0 Å². The fourth-order valence-electron chi connectivity index (χ4n) is 2.70. The Labute approximate surface area is 158 Å². The van der Waals surface area contributed by atoms with Crippen LogP contribution in [0.1, 0.15) is 0 Å². The number of halogens is 1. The van der Waals surface area contributed by atoms with E-state index in [1.54, 1.807) is 18.5 Å². The quantitative estimate of drug-likeness (QED) is 0.556. The third kappa shape index (κ3) is 3.34. The van der Waals surface area contributed by atoms with E-state index in [0.29, 0.717) is 11.6 Å². The van der Waals surface area contributed by atoms with Gasteiger partial charge in [-0.3, -0.25) is 9.78 Å². The molecule has 128 valence electrons. The lowest BCUT2D eigenvalue weighted by Gasteiger charge is -2.09. The van der Waals surface area contributed by atoms with Gasteiger partial charge in [0.05, 0.1) is 11.0 Å². The van der Waals surface area contributed by atoms with Gasteiger partial charge in [-0.05, 0) is 52.3 Å². The van der Waals surface area contributed by atoms with Crippen LogP contribution >= 0.6 is 15.9 Å². The highest BCUT2D eigenvalue weighted by atomic mass is 79.9. The molecule has 4 aromatic rings. The Morgan fingerprint density at radius 3 is 2.65 bits per heavy atom. The molecular weight excluding hydrogens is 394 g/mol. The van der Waals surface area contributed by atoms with Crippen molar-refractivity contribution >= 4 is 38.7 Å². The number of fused-ring (bicyclic) bond motifs is 1. The predicted molar refractivity (Wildman–Crippen MR) is 104 cm³/mol. The number of pyridine rings is 2. The van der Waals surface area contributed by atoms with Crippen LogP contribution in [0.15, 0.2) is 71.5 Å². The molecule has 4 rings (SSSR count). The van der Waals surface area contributed by atoms with E-state index in [0.717, 1.165) is 21.2 Å². The Morgan fingerprint density at radius 1 is 1.04 bits per heavy atom. The van der Waals surface area contributed by atoms with Gasteiger partial charge < -0.3 is 9.88 Å². The smallest absolute Gasteiger partial charge is 0.245 e. The Hall–Kier alpha value is -3.06. The third-order valence-electron chi connectivity index (χ3n) is 3.85. The standard InChI is InChI=1S/C19H14BrN5O/c20-13-8-9-17(22-11-13)24-18(26)12-25-16-7-2-1-5-14(16)23-19(25)15-6-3-4-10-21-15/h1-11H,12H2,(H,22,24,26). The van der Waals surface area contributed by atoms with E-state index in [-0.39, 0.29) is 12.5 Å². The molecule has 1 amide bonds. The highest BCUT2D eigenvalue weighted by Gasteiger charge is 2.16. The second kappa shape index (κ2) is 7.05. The molecule has 0 fully saturated rings. The summed E-state index contributed by atoms with van der Waals surface area (Å²) in [6.45, 7) is 0.115. The number of nitrogens with zero attached hydrogens (tertiary/aromatic N) is 4. The molecule has 0 radical (unpaired) electrons. The molecule has 0 unspecified atom stereocenters. The first-order chi connectivity index (χ1) is 12.7. The topological polar surface area (TPSA) is 72.7 Å². The van der Waals surface area contributed by atoms with Gasteiger partial charge in [-0.25, -0.2) is 9.97 Å². The van der Waals surface area contributed by atoms with E-state index in [2.05, 4.69) is 36.2 Å². The lowest BCUT2D eigenvalue weighted by atomic mass is 10.3. The average Bonchev–Trinajstić information content (AvgIpc) is 3.03. The lowest BCUT2D eigenvalue weighted by Crippen LogP contribution is -2.20. The number of imidazole rings is 1. The summed E-state index contributed by atoms with van der Waals surface area (Å²) in [5.74, 6) is 0.980. The van der Waals surface area contributed by atoms with Crippen molar-refractivity contribution < 1.29 is 4.79 Å². The van der Waals surface area contributed by atoms with Crippen molar-refractivity contribution in [1.29, 1.82) is 0 Å². The molecule has 0 atom stereocenters. The largest absolute Gasteiger partial charge is 0.313 e. The molecule has 26 heavy (non-hydrogen) atoms. The number of para-hydroxylation sites is 2. The van der Waals surface area contributed by atoms with Crippen LogP contribution in [0.4, 0.5) is 5.82 Å². The Kier molecular flexibility index (Phi) is 4.45. The number of benzene rings is 1. The third-order valence-corrected chi connectivity index (χ3v) is 4.31. The molecule has 3 heterocycles. The molecular formula is C19H14BrN5O. The first-order valence-corrected chi connectivity index (χ1v) is 8.78. The van der Waals surface area contributed by atoms with E-state index in [1.165, 1.54) is 0 Å². The number of hydrogen-bond acceptors (Lipinski definition) is 4. The Morgan fingerprint density at radius 2 is 1.88 bits per heavy atom. The Bertz CT molecular complexity index is 1060. The summed E-state index contributed by atoms with van der Waals surface area (Å²) in [4.78, 5) is 25.8. The summed E-state index contributed by atoms with van der Waals surface area (Å²) >= 11 is 3.33. The van der Waals surface area contributed by atoms with Crippen LogP contribution < -0.4 is 5.32 Å². The zero-order chi connectivity index (χ0) is 17.9. The second-order valence-electron chi connectivity index (χ2n) is 5.64. The van der Waals surface area contributed by atoms with Crippen molar-refractivity contribution in [3.05, 3.63) is 71.5 Å². The maximum Gasteiger partial charge on any atom is 0.245 e. The number of rotatable bonds is 4. The zero-order valence-corrected chi connectivity index (χ0v) is 15.2. The van der Waals surface area contributed by atoms with E-state index in [4.69, 9.17) is 0 Å². The SMILES string of the molecule is O=C(Cn1c(-c2ccccn2)nc2ccccc21)Nc1ccc(Br)cn1. The van der Waals surface area contributed by atoms with Crippen LogP contribution in [-0.2, 0) is 11.3 Å². The fourth-order valence-corrected chi connectivity index (χ4v) is 2.94. The van der Waals surface area contributed by atoms with Gasteiger partial charge in [0.2, 0.25) is 5.91 Å². The second-order valence-corrected chi connectivity index (χ2v) is 6.55. The normalized spacial score (nSPS) is 10.8. The average molecular weight is 408 g/mol. The highest BCUT2D eigenvalue weighted by molar-refractivity contribution is 9.10. The molecule has 0 saturated heterocycles. The minimum absolute atomic E-state index is 0.115. The molecule has 6 nitrogen and oxygen atoms in total. The summed E-state index contributed by atoms with van der Waals surface area (Å²) in [6.07, 6.45) is 3.35. The van der Waals surface area contributed by atoms with Gasteiger partial charge in [-0.1, -0.05) is 18.2 Å². The molecule has 0 aliphatic heterocycles. The fraction of sp³-hybridized carbons (Fsp3) is 0.0526. The van der Waals surface area contributed by atoms with Crippen molar-refractivity contribution in [2.75, 3.05) is 5.32 Å². The molecule has 0 bridgehead atoms. The maximum atomic E-state index is 12.6. The molecule has 0 spiro atoms. The maximum absolute atomic E-state index is 12.6. The highest BCUT2D eigenvalue weighted by Crippen LogP contribution is 2.23. The van der Waals surface area contributed by atoms with Gasteiger partial charge in [0.15, 0.2) is 5.82 Å². The van der Waals surface area contributed by atoms with Crippen molar-refractivity contribution in [2.45, 2.75) is 6.54 Å². The van der Waals surface area contributed by atoms with Crippen LogP contribution in [0.25, 0.3) is 22.6 Å². The summed E-state index contributed by atoms with van der Waals surface area (Å²) in [5, 5.41) is 2.81. The van der Waals surface area contributed by atoms with Crippen molar-refractivity contribution in [3.63, 3.8) is 0 Å². The molecule has 7 heteroatoms. The Balaban J connectivity index is 1.68. The minimum atomic E-state index is -0.180. The summed E-state index contributed by atoms with van der Waals surface area (Å²) < 4.78 is 2.72. The lowest BCUT2D eigenvalue weighted by molar-refractivity contribution is -0.116. The number of carbonyl (C=O) groups is 1.